The first-order chi connectivity index (χ1) is 13.0. The van der Waals surface area contributed by atoms with Crippen molar-refractivity contribution >= 4 is 29.1 Å². The van der Waals surface area contributed by atoms with Gasteiger partial charge in [0.1, 0.15) is 0 Å². The van der Waals surface area contributed by atoms with E-state index in [-0.39, 0.29) is 23.4 Å². The van der Waals surface area contributed by atoms with E-state index in [1.807, 2.05) is 18.2 Å². The lowest BCUT2D eigenvalue weighted by atomic mass is 9.96. The summed E-state index contributed by atoms with van der Waals surface area (Å²) in [5.41, 5.74) is 0.667. The van der Waals surface area contributed by atoms with Gasteiger partial charge in [-0.1, -0.05) is 18.2 Å². The molecule has 2 amide bonds. The molecule has 2 N–H and O–H groups in total. The molecule has 0 radical (unpaired) electrons. The van der Waals surface area contributed by atoms with Gasteiger partial charge in [0, 0.05) is 37.0 Å². The lowest BCUT2D eigenvalue weighted by molar-refractivity contribution is -0.126. The minimum Gasteiger partial charge on any atom is -0.476 e. The molecular formula is C19H21N3O4S. The predicted molar refractivity (Wildman–Crippen MR) is 101 cm³/mol. The van der Waals surface area contributed by atoms with Gasteiger partial charge in [-0.2, -0.15) is 0 Å². The van der Waals surface area contributed by atoms with Crippen molar-refractivity contribution in [2.24, 2.45) is 5.92 Å². The van der Waals surface area contributed by atoms with Crippen molar-refractivity contribution in [3.05, 3.63) is 52.0 Å². The zero-order chi connectivity index (χ0) is 19.2. The van der Waals surface area contributed by atoms with Crippen LogP contribution in [0.3, 0.4) is 0 Å². The standard InChI is InChI=1S/C19H21N3O4S/c23-17(20-9-8-16-21-15(12-27-16)19(25)26)14-7-4-10-22(11-14)18(24)13-5-2-1-3-6-13/h1-3,5-6,12,14H,4,7-11H2,(H,20,23)(H,25,26). The number of nitrogens with zero attached hydrogens (tertiary/aromatic N) is 2. The van der Waals surface area contributed by atoms with Gasteiger partial charge in [0.25, 0.3) is 5.91 Å². The third-order valence-electron chi connectivity index (χ3n) is 4.51. The van der Waals surface area contributed by atoms with Crippen molar-refractivity contribution in [3.63, 3.8) is 0 Å². The number of carboxylic acids is 1. The lowest BCUT2D eigenvalue weighted by Gasteiger charge is -2.32. The smallest absolute Gasteiger partial charge is 0.355 e. The number of thiazole rings is 1. The fraction of sp³-hybridized carbons (Fsp3) is 0.368. The number of aromatic nitrogens is 1. The van der Waals surface area contributed by atoms with E-state index in [1.54, 1.807) is 17.0 Å². The zero-order valence-corrected chi connectivity index (χ0v) is 15.6. The average molecular weight is 387 g/mol. The molecule has 0 saturated carbocycles. The molecule has 1 atom stereocenters. The number of amides is 2. The molecule has 142 valence electrons. The fourth-order valence-corrected chi connectivity index (χ4v) is 3.87. The van der Waals surface area contributed by atoms with Crippen LogP contribution in [0.15, 0.2) is 35.7 Å². The summed E-state index contributed by atoms with van der Waals surface area (Å²) in [6, 6.07) is 9.09. The molecule has 8 heteroatoms. The summed E-state index contributed by atoms with van der Waals surface area (Å²) in [6.07, 6.45) is 2.04. The zero-order valence-electron chi connectivity index (χ0n) is 14.8. The van der Waals surface area contributed by atoms with E-state index in [1.165, 1.54) is 16.7 Å². The molecule has 0 spiro atoms. The highest BCUT2D eigenvalue weighted by Crippen LogP contribution is 2.19. The van der Waals surface area contributed by atoms with E-state index in [0.717, 1.165) is 12.8 Å². The Bertz CT molecular complexity index is 821. The normalized spacial score (nSPS) is 16.7. The number of carbonyl (C=O) groups excluding carboxylic acids is 2. The summed E-state index contributed by atoms with van der Waals surface area (Å²) in [7, 11) is 0. The molecule has 1 unspecified atom stereocenters. The molecule has 0 aliphatic carbocycles. The maximum absolute atomic E-state index is 12.6. The van der Waals surface area contributed by atoms with Crippen LogP contribution in [0.5, 0.6) is 0 Å². The van der Waals surface area contributed by atoms with E-state index in [2.05, 4.69) is 10.3 Å². The third-order valence-corrected chi connectivity index (χ3v) is 5.42. The number of benzene rings is 1. The molecule has 0 bridgehead atoms. The quantitative estimate of drug-likeness (QED) is 0.790. The van der Waals surface area contributed by atoms with Crippen LogP contribution >= 0.6 is 11.3 Å². The molecule has 1 aromatic carbocycles. The molecule has 3 rings (SSSR count). The van der Waals surface area contributed by atoms with Gasteiger partial charge in [0.2, 0.25) is 5.91 Å². The first-order valence-corrected chi connectivity index (χ1v) is 9.72. The Kier molecular flexibility index (Phi) is 6.18. The maximum Gasteiger partial charge on any atom is 0.355 e. The number of hydrogen-bond acceptors (Lipinski definition) is 5. The SMILES string of the molecule is O=C(O)c1csc(CCNC(=O)C2CCCN(C(=O)c3ccccc3)C2)n1. The van der Waals surface area contributed by atoms with Gasteiger partial charge in [-0.15, -0.1) is 11.3 Å². The second-order valence-electron chi connectivity index (χ2n) is 6.43. The van der Waals surface area contributed by atoms with Gasteiger partial charge in [0.15, 0.2) is 5.69 Å². The summed E-state index contributed by atoms with van der Waals surface area (Å²) in [4.78, 5) is 41.6. The van der Waals surface area contributed by atoms with Crippen LogP contribution in [-0.4, -0.2) is 52.4 Å². The van der Waals surface area contributed by atoms with E-state index in [4.69, 9.17) is 5.11 Å². The van der Waals surface area contributed by atoms with Crippen molar-refractivity contribution < 1.29 is 19.5 Å². The molecular weight excluding hydrogens is 366 g/mol. The van der Waals surface area contributed by atoms with Gasteiger partial charge in [-0.05, 0) is 25.0 Å². The number of hydrogen-bond donors (Lipinski definition) is 2. The summed E-state index contributed by atoms with van der Waals surface area (Å²) in [5.74, 6) is -1.39. The van der Waals surface area contributed by atoms with Crippen LogP contribution in [0, 0.1) is 5.92 Å². The van der Waals surface area contributed by atoms with Crippen LogP contribution < -0.4 is 5.32 Å². The van der Waals surface area contributed by atoms with Crippen molar-refractivity contribution in [3.8, 4) is 0 Å². The number of likely N-dealkylation sites (tertiary alicyclic amines) is 1. The number of nitrogens with one attached hydrogen (secondary N) is 1. The third kappa shape index (κ3) is 4.91. The fourth-order valence-electron chi connectivity index (χ4n) is 3.10. The van der Waals surface area contributed by atoms with Gasteiger partial charge in [0.05, 0.1) is 10.9 Å². The van der Waals surface area contributed by atoms with Crippen LogP contribution in [0.2, 0.25) is 0 Å². The first kappa shape index (κ1) is 19.0. The van der Waals surface area contributed by atoms with Gasteiger partial charge < -0.3 is 15.3 Å². The predicted octanol–water partition coefficient (Wildman–Crippen LogP) is 2.05. The molecule has 27 heavy (non-hydrogen) atoms. The number of rotatable bonds is 6. The van der Waals surface area contributed by atoms with Gasteiger partial charge in [-0.3, -0.25) is 9.59 Å². The highest BCUT2D eigenvalue weighted by atomic mass is 32.1. The van der Waals surface area contributed by atoms with Crippen LogP contribution in [0.25, 0.3) is 0 Å². The molecule has 7 nitrogen and oxygen atoms in total. The molecule has 1 saturated heterocycles. The summed E-state index contributed by atoms with van der Waals surface area (Å²) in [5, 5.41) is 13.9. The van der Waals surface area contributed by atoms with Crippen molar-refractivity contribution in [1.82, 2.24) is 15.2 Å². The van der Waals surface area contributed by atoms with Crippen molar-refractivity contribution in [2.75, 3.05) is 19.6 Å². The largest absolute Gasteiger partial charge is 0.476 e. The Morgan fingerprint density at radius 3 is 2.74 bits per heavy atom. The molecule has 1 aliphatic rings. The lowest BCUT2D eigenvalue weighted by Crippen LogP contribution is -2.45. The molecule has 1 aromatic heterocycles. The van der Waals surface area contributed by atoms with E-state index >= 15 is 0 Å². The van der Waals surface area contributed by atoms with Gasteiger partial charge >= 0.3 is 5.97 Å². The Morgan fingerprint density at radius 2 is 2.04 bits per heavy atom. The summed E-state index contributed by atoms with van der Waals surface area (Å²) in [6.45, 7) is 1.48. The van der Waals surface area contributed by atoms with Crippen molar-refractivity contribution in [1.29, 1.82) is 0 Å². The van der Waals surface area contributed by atoms with Crippen LogP contribution in [0.1, 0.15) is 38.7 Å². The number of piperidine rings is 1. The Labute approximate surface area is 161 Å². The minimum absolute atomic E-state index is 0.0312. The minimum atomic E-state index is -1.05. The Hall–Kier alpha value is -2.74. The molecule has 2 heterocycles. The second-order valence-corrected chi connectivity index (χ2v) is 7.37. The topological polar surface area (TPSA) is 99.6 Å². The highest BCUT2D eigenvalue weighted by Gasteiger charge is 2.28. The monoisotopic (exact) mass is 387 g/mol. The van der Waals surface area contributed by atoms with E-state index in [9.17, 15) is 14.4 Å². The molecule has 2 aromatic rings. The Morgan fingerprint density at radius 1 is 1.26 bits per heavy atom. The molecule has 1 fully saturated rings. The maximum atomic E-state index is 12.6. The number of carbonyl (C=O) groups is 3. The number of carboxylic acid groups (broad SMARTS) is 1. The second kappa shape index (κ2) is 8.77. The molecule has 1 aliphatic heterocycles. The first-order valence-electron chi connectivity index (χ1n) is 8.84. The average Bonchev–Trinajstić information content (AvgIpc) is 3.17. The Balaban J connectivity index is 1.49. The van der Waals surface area contributed by atoms with Crippen molar-refractivity contribution in [2.45, 2.75) is 19.3 Å². The highest BCUT2D eigenvalue weighted by molar-refractivity contribution is 7.09. The summed E-state index contributed by atoms with van der Waals surface area (Å²) >= 11 is 1.27. The van der Waals surface area contributed by atoms with E-state index in [0.29, 0.717) is 36.6 Å². The van der Waals surface area contributed by atoms with E-state index < -0.39 is 5.97 Å². The van der Waals surface area contributed by atoms with Crippen LogP contribution in [0.4, 0.5) is 0 Å². The summed E-state index contributed by atoms with van der Waals surface area (Å²) < 4.78 is 0. The van der Waals surface area contributed by atoms with Gasteiger partial charge in [-0.25, -0.2) is 9.78 Å². The van der Waals surface area contributed by atoms with Crippen LogP contribution in [-0.2, 0) is 11.2 Å². The number of aromatic carboxylic acids is 1.